The number of aliphatic hydroxyl groups excluding tert-OH is 1. The minimum atomic E-state index is -1.87. The highest BCUT2D eigenvalue weighted by atomic mass is 16.8. The first-order valence-corrected chi connectivity index (χ1v) is 2.82. The number of allylic oxidation sites excluding steroid dienone is 2. The molecule has 0 aromatic heterocycles. The van der Waals surface area contributed by atoms with Crippen LogP contribution in [0.2, 0.25) is 0 Å². The molecular weight excluding hydrogens is 136 g/mol. The highest BCUT2D eigenvalue weighted by Crippen LogP contribution is 2.50. The molecule has 0 radical (unpaired) electrons. The van der Waals surface area contributed by atoms with E-state index in [1.165, 1.54) is 18.2 Å². The summed E-state index contributed by atoms with van der Waals surface area (Å²) in [4.78, 5) is 0. The smallest absolute Gasteiger partial charge is 0.288 e. The van der Waals surface area contributed by atoms with Crippen molar-refractivity contribution in [1.82, 2.24) is 0 Å². The molecule has 1 fully saturated rings. The molecule has 0 spiro atoms. The van der Waals surface area contributed by atoms with Crippen LogP contribution < -0.4 is 0 Å². The van der Waals surface area contributed by atoms with E-state index in [4.69, 9.17) is 15.3 Å². The zero-order valence-corrected chi connectivity index (χ0v) is 4.98. The monoisotopic (exact) mass is 142 g/mol. The standard InChI is InChI=1S/C6H6O4/c7-4-2-1-3-5(8)6(4,9)10-5/h1-3,7-9H. The lowest BCUT2D eigenvalue weighted by Gasteiger charge is -2.08. The van der Waals surface area contributed by atoms with E-state index in [9.17, 15) is 0 Å². The molecule has 0 bridgehead atoms. The first-order chi connectivity index (χ1) is 4.58. The van der Waals surface area contributed by atoms with Gasteiger partial charge in [0, 0.05) is 0 Å². The van der Waals surface area contributed by atoms with Crippen LogP contribution in [0.4, 0.5) is 0 Å². The van der Waals surface area contributed by atoms with Gasteiger partial charge in [-0.1, -0.05) is 6.08 Å². The van der Waals surface area contributed by atoms with Gasteiger partial charge in [0.15, 0.2) is 5.76 Å². The summed E-state index contributed by atoms with van der Waals surface area (Å²) in [5.74, 6) is -3.93. The van der Waals surface area contributed by atoms with Crippen LogP contribution in [0.15, 0.2) is 24.0 Å². The van der Waals surface area contributed by atoms with Crippen LogP contribution in [0.5, 0.6) is 0 Å². The molecule has 0 aromatic rings. The summed E-state index contributed by atoms with van der Waals surface area (Å²) in [6.45, 7) is 0. The zero-order chi connectivity index (χ0) is 7.41. The van der Waals surface area contributed by atoms with E-state index in [2.05, 4.69) is 4.74 Å². The molecule has 4 heteroatoms. The molecule has 1 heterocycles. The molecule has 2 aliphatic rings. The average Bonchev–Trinajstić information content (AvgIpc) is 2.38. The van der Waals surface area contributed by atoms with Crippen LogP contribution in [0.25, 0.3) is 0 Å². The second-order valence-electron chi connectivity index (χ2n) is 2.35. The minimum Gasteiger partial charge on any atom is -0.507 e. The molecule has 2 unspecified atom stereocenters. The maximum absolute atomic E-state index is 9.13. The summed E-state index contributed by atoms with van der Waals surface area (Å²) in [5.41, 5.74) is 0. The Hall–Kier alpha value is -0.840. The summed E-state index contributed by atoms with van der Waals surface area (Å²) < 4.78 is 4.47. The van der Waals surface area contributed by atoms with Crippen molar-refractivity contribution in [2.24, 2.45) is 0 Å². The summed E-state index contributed by atoms with van der Waals surface area (Å²) in [7, 11) is 0. The van der Waals surface area contributed by atoms with Crippen LogP contribution in [0.3, 0.4) is 0 Å². The highest BCUT2D eigenvalue weighted by Gasteiger charge is 2.72. The molecule has 10 heavy (non-hydrogen) atoms. The third-order valence-electron chi connectivity index (χ3n) is 1.67. The lowest BCUT2D eigenvalue weighted by molar-refractivity contribution is 0.0284. The molecule has 54 valence electrons. The molecule has 1 aliphatic heterocycles. The van der Waals surface area contributed by atoms with Crippen LogP contribution >= 0.6 is 0 Å². The van der Waals surface area contributed by atoms with E-state index in [0.717, 1.165) is 0 Å². The van der Waals surface area contributed by atoms with Gasteiger partial charge in [0.2, 0.25) is 0 Å². The summed E-state index contributed by atoms with van der Waals surface area (Å²) in [5, 5.41) is 27.2. The Labute approximate surface area is 56.7 Å². The fraction of sp³-hybridized carbons (Fsp3) is 0.333. The van der Waals surface area contributed by atoms with Gasteiger partial charge in [0.25, 0.3) is 11.6 Å². The molecule has 1 aliphatic carbocycles. The predicted molar refractivity (Wildman–Crippen MR) is 30.8 cm³/mol. The third-order valence-corrected chi connectivity index (χ3v) is 1.67. The van der Waals surface area contributed by atoms with Crippen molar-refractivity contribution in [3.05, 3.63) is 24.0 Å². The fourth-order valence-corrected chi connectivity index (χ4v) is 0.965. The van der Waals surface area contributed by atoms with Crippen LogP contribution in [0.1, 0.15) is 0 Å². The Balaban J connectivity index is 2.44. The van der Waals surface area contributed by atoms with E-state index < -0.39 is 11.6 Å². The number of hydrogen-bond donors (Lipinski definition) is 3. The third kappa shape index (κ3) is 0.429. The maximum atomic E-state index is 9.13. The number of fused-ring (bicyclic) bond motifs is 1. The molecule has 0 aromatic carbocycles. The highest BCUT2D eigenvalue weighted by molar-refractivity contribution is 5.34. The molecular formula is C6H6O4. The first kappa shape index (κ1) is 5.91. The van der Waals surface area contributed by atoms with Gasteiger partial charge in [-0.25, -0.2) is 0 Å². The molecule has 2 atom stereocenters. The predicted octanol–water partition coefficient (Wildman–Crippen LogP) is -0.595. The van der Waals surface area contributed by atoms with Crippen LogP contribution in [0, 0.1) is 0 Å². The second kappa shape index (κ2) is 1.27. The Kier molecular flexibility index (Phi) is 0.750. The summed E-state index contributed by atoms with van der Waals surface area (Å²) >= 11 is 0. The Morgan fingerprint density at radius 2 is 2.10 bits per heavy atom. The van der Waals surface area contributed by atoms with Gasteiger partial charge in [-0.15, -0.1) is 0 Å². The molecule has 4 nitrogen and oxygen atoms in total. The average molecular weight is 142 g/mol. The van der Waals surface area contributed by atoms with Crippen molar-refractivity contribution in [2.45, 2.75) is 11.6 Å². The zero-order valence-electron chi connectivity index (χ0n) is 4.98. The van der Waals surface area contributed by atoms with Crippen molar-refractivity contribution in [1.29, 1.82) is 0 Å². The Morgan fingerprint density at radius 1 is 1.40 bits per heavy atom. The molecule has 3 N–H and O–H groups in total. The lowest BCUT2D eigenvalue weighted by Crippen LogP contribution is -2.27. The summed E-state index contributed by atoms with van der Waals surface area (Å²) in [6, 6.07) is 0. The number of ether oxygens (including phenoxy) is 1. The SMILES string of the molecule is OC1=CC=CC2(O)OC12O. The summed E-state index contributed by atoms with van der Waals surface area (Å²) in [6.07, 6.45) is 3.95. The number of aliphatic hydroxyl groups is 3. The quantitative estimate of drug-likeness (QED) is 0.395. The van der Waals surface area contributed by atoms with Gasteiger partial charge in [0.05, 0.1) is 0 Å². The molecule has 2 rings (SSSR count). The van der Waals surface area contributed by atoms with Gasteiger partial charge in [-0.2, -0.15) is 0 Å². The van der Waals surface area contributed by atoms with E-state index in [-0.39, 0.29) is 5.76 Å². The van der Waals surface area contributed by atoms with Crippen molar-refractivity contribution >= 4 is 0 Å². The van der Waals surface area contributed by atoms with Crippen molar-refractivity contribution < 1.29 is 20.1 Å². The van der Waals surface area contributed by atoms with E-state index >= 15 is 0 Å². The maximum Gasteiger partial charge on any atom is 0.288 e. The molecule has 1 saturated heterocycles. The van der Waals surface area contributed by atoms with Gasteiger partial charge in [-0.05, 0) is 12.2 Å². The Bertz CT molecular complexity index is 244. The lowest BCUT2D eigenvalue weighted by atomic mass is 10.1. The number of hydrogen-bond acceptors (Lipinski definition) is 4. The largest absolute Gasteiger partial charge is 0.507 e. The van der Waals surface area contributed by atoms with Gasteiger partial charge in [0.1, 0.15) is 0 Å². The van der Waals surface area contributed by atoms with Crippen molar-refractivity contribution in [3.63, 3.8) is 0 Å². The minimum absolute atomic E-state index is 0.363. The van der Waals surface area contributed by atoms with E-state index in [0.29, 0.717) is 0 Å². The van der Waals surface area contributed by atoms with Crippen molar-refractivity contribution in [2.75, 3.05) is 0 Å². The van der Waals surface area contributed by atoms with Crippen molar-refractivity contribution in [3.8, 4) is 0 Å². The van der Waals surface area contributed by atoms with Gasteiger partial charge in [-0.3, -0.25) is 4.74 Å². The van der Waals surface area contributed by atoms with Gasteiger partial charge >= 0.3 is 0 Å². The van der Waals surface area contributed by atoms with Gasteiger partial charge < -0.3 is 15.3 Å². The number of epoxide rings is 1. The van der Waals surface area contributed by atoms with E-state index in [1.54, 1.807) is 0 Å². The van der Waals surface area contributed by atoms with Crippen LogP contribution in [-0.2, 0) is 4.74 Å². The normalized spacial score (nSPS) is 50.0. The topological polar surface area (TPSA) is 73.2 Å². The fourth-order valence-electron chi connectivity index (χ4n) is 0.965. The molecule has 0 saturated carbocycles. The number of rotatable bonds is 0. The second-order valence-corrected chi connectivity index (χ2v) is 2.35. The van der Waals surface area contributed by atoms with Crippen LogP contribution in [-0.4, -0.2) is 26.9 Å². The van der Waals surface area contributed by atoms with E-state index in [1.807, 2.05) is 0 Å². The Morgan fingerprint density at radius 3 is 2.60 bits per heavy atom. The first-order valence-electron chi connectivity index (χ1n) is 2.82. The molecule has 0 amide bonds.